The van der Waals surface area contributed by atoms with Gasteiger partial charge in [0.25, 0.3) is 5.56 Å². The number of anilines is 1. The number of hydrogen-bond donors (Lipinski definition) is 2. The highest BCUT2D eigenvalue weighted by Gasteiger charge is 2.35. The van der Waals surface area contributed by atoms with E-state index in [2.05, 4.69) is 9.97 Å². The van der Waals surface area contributed by atoms with Crippen molar-refractivity contribution in [1.29, 1.82) is 0 Å². The molecule has 0 saturated heterocycles. The fourth-order valence-corrected chi connectivity index (χ4v) is 1.83. The lowest BCUT2D eigenvalue weighted by molar-refractivity contribution is -0.142. The summed E-state index contributed by atoms with van der Waals surface area (Å²) in [6, 6.07) is 1.33. The van der Waals surface area contributed by atoms with Gasteiger partial charge in [-0.15, -0.1) is 0 Å². The maximum atomic E-state index is 11.7. The van der Waals surface area contributed by atoms with Gasteiger partial charge >= 0.3 is 5.97 Å². The smallest absolute Gasteiger partial charge is 0.328 e. The number of nitrogens with one attached hydrogen (secondary N) is 1. The van der Waals surface area contributed by atoms with Crippen LogP contribution in [-0.4, -0.2) is 33.1 Å². The van der Waals surface area contributed by atoms with Crippen LogP contribution in [0.15, 0.2) is 10.9 Å². The lowest BCUT2D eigenvalue weighted by Crippen LogP contribution is -2.51. The fraction of sp³-hybridized carbons (Fsp3) is 0.615. The van der Waals surface area contributed by atoms with Crippen molar-refractivity contribution in [3.8, 4) is 0 Å². The summed E-state index contributed by atoms with van der Waals surface area (Å²) in [7, 11) is 0. The van der Waals surface area contributed by atoms with Crippen LogP contribution in [-0.2, 0) is 4.79 Å². The van der Waals surface area contributed by atoms with Crippen LogP contribution in [0.25, 0.3) is 0 Å². The molecule has 0 aliphatic rings. The first kappa shape index (κ1) is 15.2. The lowest BCUT2D eigenvalue weighted by atomic mass is 10.0. The van der Waals surface area contributed by atoms with Crippen molar-refractivity contribution >= 4 is 11.8 Å². The minimum atomic E-state index is -1.12. The summed E-state index contributed by atoms with van der Waals surface area (Å²) >= 11 is 0. The van der Waals surface area contributed by atoms with Crippen molar-refractivity contribution in [3.63, 3.8) is 0 Å². The molecule has 6 heteroatoms. The van der Waals surface area contributed by atoms with Crippen molar-refractivity contribution in [2.24, 2.45) is 0 Å². The summed E-state index contributed by atoms with van der Waals surface area (Å²) in [5.41, 5.74) is -1.39. The second-order valence-corrected chi connectivity index (χ2v) is 5.25. The summed E-state index contributed by atoms with van der Waals surface area (Å²) in [6.45, 7) is 9.31. The van der Waals surface area contributed by atoms with Gasteiger partial charge in [-0.05, 0) is 20.8 Å². The number of aromatic nitrogens is 2. The van der Waals surface area contributed by atoms with E-state index < -0.39 is 11.5 Å². The molecule has 0 radical (unpaired) electrons. The van der Waals surface area contributed by atoms with Gasteiger partial charge in [0.05, 0.1) is 0 Å². The molecule has 0 aromatic carbocycles. The van der Waals surface area contributed by atoms with Gasteiger partial charge in [-0.1, -0.05) is 13.8 Å². The Balaban J connectivity index is 3.34. The maximum Gasteiger partial charge on any atom is 0.328 e. The summed E-state index contributed by atoms with van der Waals surface area (Å²) in [5.74, 6) is 0.0614. The van der Waals surface area contributed by atoms with Gasteiger partial charge in [-0.2, -0.15) is 0 Å². The van der Waals surface area contributed by atoms with Crippen molar-refractivity contribution in [2.75, 3.05) is 11.4 Å². The van der Waals surface area contributed by atoms with Gasteiger partial charge in [0.15, 0.2) is 0 Å². The Bertz CT molecular complexity index is 520. The van der Waals surface area contributed by atoms with Gasteiger partial charge in [0.2, 0.25) is 0 Å². The van der Waals surface area contributed by atoms with E-state index in [0.29, 0.717) is 18.2 Å². The van der Waals surface area contributed by atoms with Gasteiger partial charge in [-0.3, -0.25) is 4.79 Å². The summed E-state index contributed by atoms with van der Waals surface area (Å²) in [6.07, 6.45) is 0. The van der Waals surface area contributed by atoms with Crippen LogP contribution >= 0.6 is 0 Å². The predicted octanol–water partition coefficient (Wildman–Crippen LogP) is 1.58. The summed E-state index contributed by atoms with van der Waals surface area (Å²) in [4.78, 5) is 31.6. The Hall–Kier alpha value is -1.85. The molecule has 0 amide bonds. The molecule has 0 saturated carbocycles. The molecule has 0 atom stereocenters. The number of H-pyrrole nitrogens is 1. The zero-order valence-electron chi connectivity index (χ0n) is 12.0. The third-order valence-electron chi connectivity index (χ3n) is 3.08. The fourth-order valence-electron chi connectivity index (χ4n) is 1.83. The molecule has 1 aromatic rings. The zero-order valence-corrected chi connectivity index (χ0v) is 12.0. The van der Waals surface area contributed by atoms with Crippen LogP contribution in [0.5, 0.6) is 0 Å². The topological polar surface area (TPSA) is 86.3 Å². The number of aromatic amines is 1. The van der Waals surface area contributed by atoms with E-state index >= 15 is 0 Å². The maximum absolute atomic E-state index is 11.7. The first-order valence-corrected chi connectivity index (χ1v) is 6.32. The van der Waals surface area contributed by atoms with E-state index in [1.807, 2.05) is 20.8 Å². The number of carboxylic acid groups (broad SMARTS) is 1. The molecule has 2 N–H and O–H groups in total. The standard InChI is InChI=1S/C13H21N3O3/c1-6-16(13(4,5)12(18)19)9-7-10(17)15-11(14-9)8(2)3/h7-8H,6H2,1-5H3,(H,18,19)(H,14,15,17). The average molecular weight is 267 g/mol. The zero-order chi connectivity index (χ0) is 14.8. The minimum Gasteiger partial charge on any atom is -0.480 e. The molecule has 1 heterocycles. The second-order valence-electron chi connectivity index (χ2n) is 5.25. The Kier molecular flexibility index (Phi) is 4.34. The van der Waals surface area contributed by atoms with Gasteiger partial charge in [0.1, 0.15) is 17.2 Å². The first-order chi connectivity index (χ1) is 8.70. The van der Waals surface area contributed by atoms with Crippen molar-refractivity contribution in [1.82, 2.24) is 9.97 Å². The molecule has 19 heavy (non-hydrogen) atoms. The Morgan fingerprint density at radius 3 is 2.53 bits per heavy atom. The van der Waals surface area contributed by atoms with Crippen molar-refractivity contribution in [2.45, 2.75) is 46.1 Å². The Morgan fingerprint density at radius 1 is 1.53 bits per heavy atom. The van der Waals surface area contributed by atoms with E-state index in [1.165, 1.54) is 6.07 Å². The molecule has 6 nitrogen and oxygen atoms in total. The molecular formula is C13H21N3O3. The van der Waals surface area contributed by atoms with Crippen LogP contribution in [0, 0.1) is 0 Å². The highest BCUT2D eigenvalue weighted by Crippen LogP contribution is 2.22. The molecule has 0 fully saturated rings. The normalized spacial score (nSPS) is 11.7. The van der Waals surface area contributed by atoms with Gasteiger partial charge < -0.3 is 15.0 Å². The highest BCUT2D eigenvalue weighted by atomic mass is 16.4. The van der Waals surface area contributed by atoms with Gasteiger partial charge in [-0.25, -0.2) is 9.78 Å². The SMILES string of the molecule is CCN(c1cc(=O)[nH]c(C(C)C)n1)C(C)(C)C(=O)O. The van der Waals surface area contributed by atoms with Crippen LogP contribution in [0.3, 0.4) is 0 Å². The molecule has 1 aromatic heterocycles. The highest BCUT2D eigenvalue weighted by molar-refractivity contribution is 5.82. The number of aliphatic carboxylic acids is 1. The third-order valence-corrected chi connectivity index (χ3v) is 3.08. The average Bonchev–Trinajstić information content (AvgIpc) is 2.28. The minimum absolute atomic E-state index is 0.0688. The molecule has 0 aliphatic carbocycles. The largest absolute Gasteiger partial charge is 0.480 e. The van der Waals surface area contributed by atoms with Crippen LogP contribution < -0.4 is 10.5 Å². The molecule has 106 valence electrons. The lowest BCUT2D eigenvalue weighted by Gasteiger charge is -2.35. The summed E-state index contributed by atoms with van der Waals surface area (Å²) < 4.78 is 0. The number of likely N-dealkylation sites (N-methyl/N-ethyl adjacent to an activating group) is 1. The van der Waals surface area contributed by atoms with E-state index in [4.69, 9.17) is 0 Å². The molecule has 0 spiro atoms. The Labute approximate surface area is 112 Å². The molecular weight excluding hydrogens is 246 g/mol. The van der Waals surface area contributed by atoms with Gasteiger partial charge in [0, 0.05) is 18.5 Å². The van der Waals surface area contributed by atoms with Crippen molar-refractivity contribution < 1.29 is 9.90 Å². The quantitative estimate of drug-likeness (QED) is 0.846. The molecule has 0 aliphatic heterocycles. The van der Waals surface area contributed by atoms with E-state index in [1.54, 1.807) is 18.7 Å². The van der Waals surface area contributed by atoms with E-state index in [-0.39, 0.29) is 11.5 Å². The molecule has 0 unspecified atom stereocenters. The molecule has 1 rings (SSSR count). The monoisotopic (exact) mass is 267 g/mol. The predicted molar refractivity (Wildman–Crippen MR) is 73.7 cm³/mol. The number of carboxylic acids is 1. The van der Waals surface area contributed by atoms with E-state index in [9.17, 15) is 14.7 Å². The van der Waals surface area contributed by atoms with Crippen molar-refractivity contribution in [3.05, 3.63) is 22.2 Å². The second kappa shape index (κ2) is 5.42. The summed E-state index contributed by atoms with van der Waals surface area (Å²) in [5, 5.41) is 9.30. The first-order valence-electron chi connectivity index (χ1n) is 6.32. The number of hydrogen-bond acceptors (Lipinski definition) is 4. The Morgan fingerprint density at radius 2 is 2.11 bits per heavy atom. The third kappa shape index (κ3) is 3.13. The van der Waals surface area contributed by atoms with Crippen LogP contribution in [0.1, 0.15) is 46.4 Å². The van der Waals surface area contributed by atoms with E-state index in [0.717, 1.165) is 0 Å². The van der Waals surface area contributed by atoms with Crippen LogP contribution in [0.4, 0.5) is 5.82 Å². The number of nitrogens with zero attached hydrogens (tertiary/aromatic N) is 2. The number of rotatable bonds is 5. The molecule has 0 bridgehead atoms. The van der Waals surface area contributed by atoms with Crippen LogP contribution in [0.2, 0.25) is 0 Å². The number of carbonyl (C=O) groups is 1.